The van der Waals surface area contributed by atoms with Crippen LogP contribution < -0.4 is 0 Å². The molecule has 0 saturated heterocycles. The number of carbonyl (C=O) groups excluding carboxylic acids is 3. The third kappa shape index (κ3) is 53.2. The molecule has 0 aromatic rings. The Bertz CT molecular complexity index is 980. The molecule has 0 aromatic carbocycles. The predicted octanol–water partition coefficient (Wildman–Crippen LogP) is 19.4. The summed E-state index contributed by atoms with van der Waals surface area (Å²) in [4.78, 5) is 38.0. The summed E-state index contributed by atoms with van der Waals surface area (Å²) < 4.78 is 16.9. The maximum Gasteiger partial charge on any atom is 0.306 e. The first-order valence-corrected chi connectivity index (χ1v) is 29.4. The molecule has 0 fully saturated rings. The van der Waals surface area contributed by atoms with Crippen LogP contribution in [0.3, 0.4) is 0 Å². The molecule has 6 nitrogen and oxygen atoms in total. The molecule has 0 aliphatic rings. The van der Waals surface area contributed by atoms with Crippen LogP contribution in [0.15, 0.2) is 0 Å². The Balaban J connectivity index is 4.19. The predicted molar refractivity (Wildman–Crippen MR) is 280 cm³/mol. The van der Waals surface area contributed by atoms with Crippen molar-refractivity contribution in [3.63, 3.8) is 0 Å². The number of carbonyl (C=O) groups is 3. The summed E-state index contributed by atoms with van der Waals surface area (Å²) in [5, 5.41) is 0. The van der Waals surface area contributed by atoms with Crippen molar-refractivity contribution in [2.24, 2.45) is 5.92 Å². The molecular weight excluding hydrogens is 805 g/mol. The van der Waals surface area contributed by atoms with E-state index in [1.807, 2.05) is 0 Å². The highest BCUT2D eigenvalue weighted by atomic mass is 16.6. The van der Waals surface area contributed by atoms with Crippen molar-refractivity contribution in [3.8, 4) is 0 Å². The zero-order valence-corrected chi connectivity index (χ0v) is 44.5. The smallest absolute Gasteiger partial charge is 0.306 e. The molecule has 0 saturated carbocycles. The second-order valence-electron chi connectivity index (χ2n) is 20.8. The number of hydrogen-bond donors (Lipinski definition) is 0. The van der Waals surface area contributed by atoms with Crippen LogP contribution in [-0.4, -0.2) is 37.2 Å². The van der Waals surface area contributed by atoms with Gasteiger partial charge in [0.25, 0.3) is 0 Å². The molecule has 0 N–H and O–H groups in total. The molecule has 0 amide bonds. The average molecular weight is 920 g/mol. The van der Waals surface area contributed by atoms with Gasteiger partial charge < -0.3 is 14.2 Å². The molecule has 386 valence electrons. The van der Waals surface area contributed by atoms with Crippen molar-refractivity contribution in [2.45, 2.75) is 342 Å². The second-order valence-corrected chi connectivity index (χ2v) is 20.8. The Hall–Kier alpha value is -1.59. The minimum atomic E-state index is -0.761. The first-order chi connectivity index (χ1) is 31.9. The third-order valence-corrected chi connectivity index (χ3v) is 13.5. The molecule has 0 heterocycles. The van der Waals surface area contributed by atoms with Crippen LogP contribution in [0.25, 0.3) is 0 Å². The Kier molecular flexibility index (Phi) is 52.1. The van der Waals surface area contributed by atoms with Crippen molar-refractivity contribution < 1.29 is 28.6 Å². The van der Waals surface area contributed by atoms with Gasteiger partial charge in [-0.05, 0) is 25.2 Å². The summed E-state index contributed by atoms with van der Waals surface area (Å²) in [6.45, 7) is 9.06. The first-order valence-electron chi connectivity index (χ1n) is 29.4. The lowest BCUT2D eigenvalue weighted by Gasteiger charge is -2.18. The first kappa shape index (κ1) is 63.4. The molecule has 0 spiro atoms. The summed E-state index contributed by atoms with van der Waals surface area (Å²) in [5.74, 6) is 0.0138. The standard InChI is InChI=1S/C59H114O6/c1-5-7-9-11-13-15-16-17-18-19-20-21-25-28-31-35-39-43-47-51-58(61)64-54-56(53-63-57(60)50-46-42-38-33-14-12-10-8-6-2)65-59(62)52-48-44-40-36-32-29-26-23-22-24-27-30-34-37-41-45-49-55(3)4/h55-56H,5-54H2,1-4H3/t56-/m0/s1. The van der Waals surface area contributed by atoms with Crippen LogP contribution in [-0.2, 0) is 28.6 Å². The largest absolute Gasteiger partial charge is 0.462 e. The van der Waals surface area contributed by atoms with Crippen LogP contribution >= 0.6 is 0 Å². The van der Waals surface area contributed by atoms with Gasteiger partial charge in [0.15, 0.2) is 6.10 Å². The SMILES string of the molecule is CCCCCCCCCCCCCCCCCCCCCC(=O)OC[C@H](COC(=O)CCCCCCCCCCC)OC(=O)CCCCCCCCCCCCCCCCCCC(C)C. The maximum atomic E-state index is 12.8. The Morgan fingerprint density at radius 1 is 0.292 bits per heavy atom. The van der Waals surface area contributed by atoms with Gasteiger partial charge in [-0.2, -0.15) is 0 Å². The fraction of sp³-hybridized carbons (Fsp3) is 0.949. The monoisotopic (exact) mass is 919 g/mol. The van der Waals surface area contributed by atoms with Crippen molar-refractivity contribution in [2.75, 3.05) is 13.2 Å². The lowest BCUT2D eigenvalue weighted by atomic mass is 10.0. The van der Waals surface area contributed by atoms with Gasteiger partial charge in [0.1, 0.15) is 13.2 Å². The molecule has 65 heavy (non-hydrogen) atoms. The van der Waals surface area contributed by atoms with Crippen molar-refractivity contribution in [1.29, 1.82) is 0 Å². The van der Waals surface area contributed by atoms with Crippen LogP contribution in [0.2, 0.25) is 0 Å². The van der Waals surface area contributed by atoms with Crippen molar-refractivity contribution in [3.05, 3.63) is 0 Å². The molecule has 1 atom stereocenters. The highest BCUT2D eigenvalue weighted by Gasteiger charge is 2.19. The topological polar surface area (TPSA) is 78.9 Å². The fourth-order valence-electron chi connectivity index (χ4n) is 9.10. The van der Waals surface area contributed by atoms with E-state index in [1.165, 1.54) is 231 Å². The van der Waals surface area contributed by atoms with Crippen molar-refractivity contribution >= 4 is 17.9 Å². The molecule has 0 aromatic heterocycles. The molecule has 0 aliphatic carbocycles. The Labute approximate surface area is 406 Å². The summed E-state index contributed by atoms with van der Waals surface area (Å²) in [6, 6.07) is 0. The third-order valence-electron chi connectivity index (χ3n) is 13.5. The zero-order valence-electron chi connectivity index (χ0n) is 44.5. The van der Waals surface area contributed by atoms with E-state index in [1.54, 1.807) is 0 Å². The van der Waals surface area contributed by atoms with Gasteiger partial charge in [0.05, 0.1) is 0 Å². The summed E-state index contributed by atoms with van der Waals surface area (Å²) in [5.41, 5.74) is 0. The van der Waals surface area contributed by atoms with Gasteiger partial charge in [-0.15, -0.1) is 0 Å². The van der Waals surface area contributed by atoms with Gasteiger partial charge >= 0.3 is 17.9 Å². The normalized spacial score (nSPS) is 12.0. The minimum Gasteiger partial charge on any atom is -0.462 e. The number of esters is 3. The van der Waals surface area contributed by atoms with Crippen LogP contribution in [0, 0.1) is 5.92 Å². The summed E-state index contributed by atoms with van der Waals surface area (Å²) >= 11 is 0. The number of hydrogen-bond acceptors (Lipinski definition) is 6. The van der Waals surface area contributed by atoms with Gasteiger partial charge in [0.2, 0.25) is 0 Å². The molecular formula is C59H114O6. The Morgan fingerprint density at radius 3 is 0.754 bits per heavy atom. The van der Waals surface area contributed by atoms with E-state index in [4.69, 9.17) is 14.2 Å². The molecule has 0 aliphatic heterocycles. The molecule has 0 bridgehead atoms. The Morgan fingerprint density at radius 2 is 0.508 bits per heavy atom. The molecule has 0 unspecified atom stereocenters. The summed E-state index contributed by atoms with van der Waals surface area (Å²) in [6.07, 6.45) is 58.2. The number of unbranched alkanes of at least 4 members (excludes halogenated alkanes) is 41. The van der Waals surface area contributed by atoms with Crippen LogP contribution in [0.5, 0.6) is 0 Å². The average Bonchev–Trinajstić information content (AvgIpc) is 3.29. The van der Waals surface area contributed by atoms with Crippen molar-refractivity contribution in [1.82, 2.24) is 0 Å². The van der Waals surface area contributed by atoms with E-state index in [9.17, 15) is 14.4 Å². The van der Waals surface area contributed by atoms with Crippen LogP contribution in [0.4, 0.5) is 0 Å². The highest BCUT2D eigenvalue weighted by molar-refractivity contribution is 5.71. The quantitative estimate of drug-likeness (QED) is 0.0344. The van der Waals surface area contributed by atoms with E-state index in [0.29, 0.717) is 19.3 Å². The molecule has 0 radical (unpaired) electrons. The van der Waals surface area contributed by atoms with Gasteiger partial charge in [-0.1, -0.05) is 297 Å². The zero-order chi connectivity index (χ0) is 47.4. The highest BCUT2D eigenvalue weighted by Crippen LogP contribution is 2.18. The number of rotatable bonds is 54. The van der Waals surface area contributed by atoms with Gasteiger partial charge in [-0.25, -0.2) is 0 Å². The van der Waals surface area contributed by atoms with E-state index in [0.717, 1.165) is 63.7 Å². The number of ether oxygens (including phenoxy) is 3. The molecule has 6 heteroatoms. The lowest BCUT2D eigenvalue weighted by molar-refractivity contribution is -0.167. The minimum absolute atomic E-state index is 0.0619. The fourth-order valence-corrected chi connectivity index (χ4v) is 9.10. The van der Waals surface area contributed by atoms with Gasteiger partial charge in [0, 0.05) is 19.3 Å². The van der Waals surface area contributed by atoms with Gasteiger partial charge in [-0.3, -0.25) is 14.4 Å². The van der Waals surface area contributed by atoms with E-state index in [2.05, 4.69) is 27.7 Å². The maximum absolute atomic E-state index is 12.8. The second kappa shape index (κ2) is 53.4. The lowest BCUT2D eigenvalue weighted by Crippen LogP contribution is -2.30. The van der Waals surface area contributed by atoms with Crippen LogP contribution in [0.1, 0.15) is 336 Å². The molecule has 0 rings (SSSR count). The van der Waals surface area contributed by atoms with E-state index >= 15 is 0 Å². The van der Waals surface area contributed by atoms with E-state index < -0.39 is 6.10 Å². The summed E-state index contributed by atoms with van der Waals surface area (Å²) in [7, 11) is 0. The van der Waals surface area contributed by atoms with E-state index in [-0.39, 0.29) is 31.1 Å².